The molecule has 2 fully saturated rings. The fourth-order valence-corrected chi connectivity index (χ4v) is 3.24. The zero-order valence-electron chi connectivity index (χ0n) is 11.1. The van der Waals surface area contributed by atoms with Gasteiger partial charge in [0.25, 0.3) is 5.89 Å². The third-order valence-corrected chi connectivity index (χ3v) is 4.23. The molecule has 6 heteroatoms. The van der Waals surface area contributed by atoms with E-state index in [1.807, 2.05) is 11.6 Å². The number of aryl methyl sites for hydroxylation is 1. The van der Waals surface area contributed by atoms with Crippen molar-refractivity contribution in [2.75, 3.05) is 0 Å². The molecule has 20 heavy (non-hydrogen) atoms. The van der Waals surface area contributed by atoms with Gasteiger partial charge in [0.05, 0.1) is 23.7 Å². The number of hydrogen-bond donors (Lipinski definition) is 0. The molecule has 3 atom stereocenters. The van der Waals surface area contributed by atoms with Gasteiger partial charge in [-0.05, 0) is 25.3 Å². The van der Waals surface area contributed by atoms with E-state index in [9.17, 15) is 0 Å². The third-order valence-electron chi connectivity index (χ3n) is 4.23. The summed E-state index contributed by atoms with van der Waals surface area (Å²) >= 11 is 0. The second kappa shape index (κ2) is 4.18. The Bertz CT molecular complexity index is 696. The van der Waals surface area contributed by atoms with Gasteiger partial charge >= 0.3 is 0 Å². The Morgan fingerprint density at radius 1 is 1.45 bits per heavy atom. The van der Waals surface area contributed by atoms with Crippen molar-refractivity contribution in [3.8, 4) is 17.7 Å². The molecule has 3 unspecified atom stereocenters. The summed E-state index contributed by atoms with van der Waals surface area (Å²) in [5, 5.41) is 13.0. The van der Waals surface area contributed by atoms with Crippen molar-refractivity contribution in [2.24, 2.45) is 7.05 Å². The van der Waals surface area contributed by atoms with Gasteiger partial charge in [-0.15, -0.1) is 0 Å². The van der Waals surface area contributed by atoms with E-state index in [0.717, 1.165) is 30.8 Å². The molecule has 4 rings (SSSR count). The first-order valence-corrected chi connectivity index (χ1v) is 6.80. The minimum absolute atomic E-state index is 0.244. The summed E-state index contributed by atoms with van der Waals surface area (Å²) < 4.78 is 13.0. The normalized spacial score (nSPS) is 27.9. The zero-order valence-corrected chi connectivity index (χ0v) is 11.1. The van der Waals surface area contributed by atoms with Crippen LogP contribution in [0, 0.1) is 11.3 Å². The molecule has 0 saturated carbocycles. The van der Waals surface area contributed by atoms with Crippen LogP contribution in [0.25, 0.3) is 11.6 Å². The lowest BCUT2D eigenvalue weighted by Crippen LogP contribution is -2.15. The Kier molecular flexibility index (Phi) is 2.44. The van der Waals surface area contributed by atoms with Crippen LogP contribution in [0.1, 0.15) is 36.6 Å². The molecule has 6 nitrogen and oxygen atoms in total. The number of hydrogen-bond acceptors (Lipinski definition) is 5. The number of nitriles is 1. The highest BCUT2D eigenvalue weighted by Crippen LogP contribution is 2.43. The maximum Gasteiger partial charge on any atom is 0.274 e. The van der Waals surface area contributed by atoms with Crippen LogP contribution >= 0.6 is 0 Å². The van der Waals surface area contributed by atoms with Crippen LogP contribution < -0.4 is 0 Å². The molecule has 0 amide bonds. The van der Waals surface area contributed by atoms with Crippen LogP contribution in [0.3, 0.4) is 0 Å². The highest BCUT2D eigenvalue weighted by Gasteiger charge is 2.43. The van der Waals surface area contributed by atoms with E-state index < -0.39 is 0 Å². The van der Waals surface area contributed by atoms with Gasteiger partial charge in [0.1, 0.15) is 11.8 Å². The first-order chi connectivity index (χ1) is 9.74. The quantitative estimate of drug-likeness (QED) is 0.834. The fourth-order valence-electron chi connectivity index (χ4n) is 3.24. The van der Waals surface area contributed by atoms with Crippen molar-refractivity contribution < 1.29 is 9.26 Å². The Hall–Kier alpha value is -2.13. The standard InChI is InChI=1S/C14H14N4O2/c1-18-7-8(6-15)4-11(18)14-16-13(17-20-14)10-5-9-2-3-12(10)19-9/h4,7,9-10,12H,2-3,5H2,1H3. The average molecular weight is 270 g/mol. The summed E-state index contributed by atoms with van der Waals surface area (Å²) in [7, 11) is 1.86. The molecular formula is C14H14N4O2. The van der Waals surface area contributed by atoms with Crippen molar-refractivity contribution >= 4 is 0 Å². The van der Waals surface area contributed by atoms with E-state index >= 15 is 0 Å². The van der Waals surface area contributed by atoms with Gasteiger partial charge < -0.3 is 13.8 Å². The average Bonchev–Trinajstić information content (AvgIpc) is 3.21. The molecule has 2 bridgehead atoms. The Morgan fingerprint density at radius 3 is 3.00 bits per heavy atom. The SMILES string of the molecule is Cn1cc(C#N)cc1-c1nc(C2CC3CCC2O3)no1. The molecule has 4 heterocycles. The minimum atomic E-state index is 0.244. The lowest BCUT2D eigenvalue weighted by atomic mass is 9.89. The van der Waals surface area contributed by atoms with Gasteiger partial charge in [-0.2, -0.15) is 10.2 Å². The van der Waals surface area contributed by atoms with Crippen LogP contribution in [-0.4, -0.2) is 26.9 Å². The summed E-state index contributed by atoms with van der Waals surface area (Å²) in [4.78, 5) is 4.50. The molecule has 102 valence electrons. The van der Waals surface area contributed by atoms with Crippen LogP contribution in [0.4, 0.5) is 0 Å². The predicted molar refractivity (Wildman–Crippen MR) is 68.7 cm³/mol. The van der Waals surface area contributed by atoms with E-state index in [-0.39, 0.29) is 12.0 Å². The van der Waals surface area contributed by atoms with Crippen LogP contribution in [0.2, 0.25) is 0 Å². The fraction of sp³-hybridized carbons (Fsp3) is 0.500. The first kappa shape index (κ1) is 11.7. The molecule has 0 aromatic carbocycles. The van der Waals surface area contributed by atoms with Gasteiger partial charge in [-0.1, -0.05) is 5.16 Å². The van der Waals surface area contributed by atoms with Crippen molar-refractivity contribution in [3.63, 3.8) is 0 Å². The summed E-state index contributed by atoms with van der Waals surface area (Å²) in [5.41, 5.74) is 1.36. The molecule has 2 aromatic rings. The van der Waals surface area contributed by atoms with Crippen LogP contribution in [0.15, 0.2) is 16.8 Å². The lowest BCUT2D eigenvalue weighted by Gasteiger charge is -2.13. The summed E-state index contributed by atoms with van der Waals surface area (Å²) in [6.07, 6.45) is 5.58. The highest BCUT2D eigenvalue weighted by molar-refractivity contribution is 5.52. The van der Waals surface area contributed by atoms with Gasteiger partial charge in [0.2, 0.25) is 0 Å². The highest BCUT2D eigenvalue weighted by atomic mass is 16.5. The van der Waals surface area contributed by atoms with Crippen LogP contribution in [-0.2, 0) is 11.8 Å². The molecule has 2 aliphatic heterocycles. The predicted octanol–water partition coefficient (Wildman–Crippen LogP) is 1.98. The van der Waals surface area contributed by atoms with Gasteiger partial charge in [-0.3, -0.25) is 0 Å². The van der Waals surface area contributed by atoms with Crippen LogP contribution in [0.5, 0.6) is 0 Å². The molecule has 0 radical (unpaired) electrons. The Morgan fingerprint density at radius 2 is 2.35 bits per heavy atom. The second-order valence-electron chi connectivity index (χ2n) is 5.51. The van der Waals surface area contributed by atoms with Gasteiger partial charge in [0, 0.05) is 13.2 Å². The number of fused-ring (bicyclic) bond motifs is 2. The molecule has 2 aromatic heterocycles. The summed E-state index contributed by atoms with van der Waals surface area (Å²) in [6, 6.07) is 3.87. The topological polar surface area (TPSA) is 76.9 Å². The van der Waals surface area contributed by atoms with E-state index in [2.05, 4.69) is 16.2 Å². The molecule has 0 N–H and O–H groups in total. The van der Waals surface area contributed by atoms with Crippen molar-refractivity contribution in [1.82, 2.24) is 14.7 Å². The Balaban J connectivity index is 1.65. The monoisotopic (exact) mass is 270 g/mol. The van der Waals surface area contributed by atoms with E-state index in [1.54, 1.807) is 12.3 Å². The van der Waals surface area contributed by atoms with E-state index in [0.29, 0.717) is 17.6 Å². The van der Waals surface area contributed by atoms with E-state index in [4.69, 9.17) is 14.5 Å². The Labute approximate surface area is 116 Å². The molecule has 2 aliphatic rings. The second-order valence-corrected chi connectivity index (χ2v) is 5.51. The number of rotatable bonds is 2. The minimum Gasteiger partial charge on any atom is -0.374 e. The van der Waals surface area contributed by atoms with Gasteiger partial charge in [-0.25, -0.2) is 0 Å². The third kappa shape index (κ3) is 1.67. The molecular weight excluding hydrogens is 256 g/mol. The molecule has 2 saturated heterocycles. The summed E-state index contributed by atoms with van der Waals surface area (Å²) in [6.45, 7) is 0. The largest absolute Gasteiger partial charge is 0.374 e. The number of aromatic nitrogens is 3. The first-order valence-electron chi connectivity index (χ1n) is 6.80. The van der Waals surface area contributed by atoms with E-state index in [1.165, 1.54) is 0 Å². The number of nitrogens with zero attached hydrogens (tertiary/aromatic N) is 4. The maximum atomic E-state index is 8.93. The maximum absolute atomic E-state index is 8.93. The molecule has 0 aliphatic carbocycles. The summed E-state index contributed by atoms with van der Waals surface area (Å²) in [5.74, 6) is 1.45. The van der Waals surface area contributed by atoms with Crippen molar-refractivity contribution in [1.29, 1.82) is 5.26 Å². The number of ether oxygens (including phenoxy) is 1. The lowest BCUT2D eigenvalue weighted by molar-refractivity contribution is 0.0996. The van der Waals surface area contributed by atoms with Crippen molar-refractivity contribution in [2.45, 2.75) is 37.4 Å². The molecule has 0 spiro atoms. The smallest absolute Gasteiger partial charge is 0.274 e. The van der Waals surface area contributed by atoms with Crippen molar-refractivity contribution in [3.05, 3.63) is 23.7 Å². The zero-order chi connectivity index (χ0) is 13.7. The van der Waals surface area contributed by atoms with Gasteiger partial charge in [0.15, 0.2) is 5.82 Å².